The van der Waals surface area contributed by atoms with E-state index >= 15 is 0 Å². The van der Waals surface area contributed by atoms with Crippen LogP contribution in [0.15, 0.2) is 42.5 Å². The Morgan fingerprint density at radius 3 is 2.74 bits per heavy atom. The molecule has 0 saturated carbocycles. The van der Waals surface area contributed by atoms with E-state index in [-0.39, 0.29) is 23.9 Å². The van der Waals surface area contributed by atoms with Gasteiger partial charge in [-0.2, -0.15) is 0 Å². The van der Waals surface area contributed by atoms with Crippen LogP contribution in [0.3, 0.4) is 0 Å². The molecule has 3 nitrogen and oxygen atoms in total. The third kappa shape index (κ3) is 3.55. The van der Waals surface area contributed by atoms with Crippen molar-refractivity contribution < 1.29 is 14.3 Å². The first-order valence-corrected chi connectivity index (χ1v) is 5.88. The number of carbonyl (C=O) groups is 1. The first-order valence-electron chi connectivity index (χ1n) is 5.88. The number of phenols is 1. The SMILES string of the molecule is Cc1cc(F)ccc1NC(=O)Cc1cccc(O)c1. The van der Waals surface area contributed by atoms with E-state index in [1.165, 1.54) is 24.3 Å². The van der Waals surface area contributed by atoms with Gasteiger partial charge >= 0.3 is 0 Å². The Morgan fingerprint density at radius 2 is 2.05 bits per heavy atom. The first kappa shape index (κ1) is 13.1. The molecule has 19 heavy (non-hydrogen) atoms. The summed E-state index contributed by atoms with van der Waals surface area (Å²) in [4.78, 5) is 11.8. The molecule has 2 aromatic rings. The molecule has 0 aliphatic carbocycles. The Kier molecular flexibility index (Phi) is 3.80. The standard InChI is InChI=1S/C15H14FNO2/c1-10-7-12(16)5-6-14(10)17-15(19)9-11-3-2-4-13(18)8-11/h2-8,18H,9H2,1H3,(H,17,19). The lowest BCUT2D eigenvalue weighted by atomic mass is 10.1. The molecule has 2 N–H and O–H groups in total. The summed E-state index contributed by atoms with van der Waals surface area (Å²) in [5, 5.41) is 12.0. The highest BCUT2D eigenvalue weighted by Gasteiger charge is 2.07. The van der Waals surface area contributed by atoms with Crippen molar-refractivity contribution in [2.45, 2.75) is 13.3 Å². The van der Waals surface area contributed by atoms with Gasteiger partial charge in [0.1, 0.15) is 11.6 Å². The van der Waals surface area contributed by atoms with Gasteiger partial charge in [-0.25, -0.2) is 4.39 Å². The maximum atomic E-state index is 12.9. The molecule has 0 aliphatic heterocycles. The van der Waals surface area contributed by atoms with Crippen LogP contribution in [0.5, 0.6) is 5.75 Å². The molecule has 0 atom stereocenters. The highest BCUT2D eigenvalue weighted by molar-refractivity contribution is 5.92. The Morgan fingerprint density at radius 1 is 1.26 bits per heavy atom. The minimum atomic E-state index is -0.330. The zero-order valence-electron chi connectivity index (χ0n) is 10.5. The molecular formula is C15H14FNO2. The van der Waals surface area contributed by atoms with E-state index in [1.54, 1.807) is 25.1 Å². The summed E-state index contributed by atoms with van der Waals surface area (Å²) in [7, 11) is 0. The normalized spacial score (nSPS) is 10.2. The Hall–Kier alpha value is -2.36. The molecule has 0 saturated heterocycles. The fourth-order valence-corrected chi connectivity index (χ4v) is 1.81. The number of benzene rings is 2. The van der Waals surface area contributed by atoms with E-state index < -0.39 is 0 Å². The van der Waals surface area contributed by atoms with Gasteiger partial charge in [0.15, 0.2) is 0 Å². The van der Waals surface area contributed by atoms with Gasteiger partial charge in [-0.3, -0.25) is 4.79 Å². The molecule has 0 aromatic heterocycles. The monoisotopic (exact) mass is 259 g/mol. The average molecular weight is 259 g/mol. The number of halogens is 1. The van der Waals surface area contributed by atoms with E-state index in [4.69, 9.17) is 0 Å². The number of carbonyl (C=O) groups excluding carboxylic acids is 1. The molecule has 4 heteroatoms. The second-order valence-corrected chi connectivity index (χ2v) is 4.35. The lowest BCUT2D eigenvalue weighted by molar-refractivity contribution is -0.115. The summed E-state index contributed by atoms with van der Waals surface area (Å²) in [6.45, 7) is 1.73. The lowest BCUT2D eigenvalue weighted by Crippen LogP contribution is -2.15. The largest absolute Gasteiger partial charge is 0.508 e. The molecule has 0 spiro atoms. The van der Waals surface area contributed by atoms with Crippen LogP contribution in [0.4, 0.5) is 10.1 Å². The van der Waals surface area contributed by atoms with Crippen molar-refractivity contribution in [3.63, 3.8) is 0 Å². The third-order valence-electron chi connectivity index (χ3n) is 2.74. The van der Waals surface area contributed by atoms with Crippen LogP contribution < -0.4 is 5.32 Å². The predicted octanol–water partition coefficient (Wildman–Crippen LogP) is 3.02. The van der Waals surface area contributed by atoms with Crippen LogP contribution in [0.25, 0.3) is 0 Å². The van der Waals surface area contributed by atoms with Crippen molar-refractivity contribution in [2.24, 2.45) is 0 Å². The lowest BCUT2D eigenvalue weighted by Gasteiger charge is -2.08. The Bertz CT molecular complexity index is 611. The highest BCUT2D eigenvalue weighted by atomic mass is 19.1. The minimum absolute atomic E-state index is 0.128. The van der Waals surface area contributed by atoms with Gasteiger partial charge in [0.25, 0.3) is 0 Å². The minimum Gasteiger partial charge on any atom is -0.508 e. The van der Waals surface area contributed by atoms with Gasteiger partial charge < -0.3 is 10.4 Å². The van der Waals surface area contributed by atoms with Gasteiger partial charge in [-0.05, 0) is 48.4 Å². The number of nitrogens with one attached hydrogen (secondary N) is 1. The summed E-state index contributed by atoms with van der Waals surface area (Å²) in [6, 6.07) is 10.7. The van der Waals surface area contributed by atoms with Crippen molar-refractivity contribution >= 4 is 11.6 Å². The van der Waals surface area contributed by atoms with E-state index in [2.05, 4.69) is 5.32 Å². The van der Waals surface area contributed by atoms with E-state index in [0.29, 0.717) is 11.3 Å². The zero-order chi connectivity index (χ0) is 13.8. The number of amides is 1. The third-order valence-corrected chi connectivity index (χ3v) is 2.74. The maximum absolute atomic E-state index is 12.9. The van der Waals surface area contributed by atoms with E-state index in [0.717, 1.165) is 5.56 Å². The highest BCUT2D eigenvalue weighted by Crippen LogP contribution is 2.17. The van der Waals surface area contributed by atoms with Crippen molar-refractivity contribution in [1.29, 1.82) is 0 Å². The molecule has 0 heterocycles. The number of phenolic OH excluding ortho intramolecular Hbond substituents is 1. The maximum Gasteiger partial charge on any atom is 0.228 e. The number of aryl methyl sites for hydroxylation is 1. The molecular weight excluding hydrogens is 245 g/mol. The van der Waals surface area contributed by atoms with Gasteiger partial charge in [0.05, 0.1) is 6.42 Å². The average Bonchev–Trinajstić information content (AvgIpc) is 2.33. The van der Waals surface area contributed by atoms with Crippen LogP contribution in [0, 0.1) is 12.7 Å². The van der Waals surface area contributed by atoms with Crippen LogP contribution in [-0.2, 0) is 11.2 Å². The number of rotatable bonds is 3. The van der Waals surface area contributed by atoms with Crippen molar-refractivity contribution in [3.8, 4) is 5.75 Å². The summed E-state index contributed by atoms with van der Waals surface area (Å²) in [5.74, 6) is -0.410. The van der Waals surface area contributed by atoms with E-state index in [1.807, 2.05) is 0 Å². The molecule has 0 aliphatic rings. The van der Waals surface area contributed by atoms with Crippen LogP contribution in [-0.4, -0.2) is 11.0 Å². The Balaban J connectivity index is 2.05. The molecule has 0 radical (unpaired) electrons. The zero-order valence-corrected chi connectivity index (χ0v) is 10.5. The first-order chi connectivity index (χ1) is 9.04. The number of aromatic hydroxyl groups is 1. The van der Waals surface area contributed by atoms with Gasteiger partial charge in [0, 0.05) is 5.69 Å². The van der Waals surface area contributed by atoms with Crippen molar-refractivity contribution in [3.05, 3.63) is 59.4 Å². The second-order valence-electron chi connectivity index (χ2n) is 4.35. The van der Waals surface area contributed by atoms with Crippen molar-refractivity contribution in [1.82, 2.24) is 0 Å². The van der Waals surface area contributed by atoms with Crippen LogP contribution >= 0.6 is 0 Å². The van der Waals surface area contributed by atoms with Crippen LogP contribution in [0.2, 0.25) is 0 Å². The topological polar surface area (TPSA) is 49.3 Å². The summed E-state index contributed by atoms with van der Waals surface area (Å²) in [5.41, 5.74) is 1.98. The second kappa shape index (κ2) is 5.52. The molecule has 98 valence electrons. The number of hydrogen-bond donors (Lipinski definition) is 2. The van der Waals surface area contributed by atoms with Crippen LogP contribution in [0.1, 0.15) is 11.1 Å². The van der Waals surface area contributed by atoms with E-state index in [9.17, 15) is 14.3 Å². The fourth-order valence-electron chi connectivity index (χ4n) is 1.81. The molecule has 0 fully saturated rings. The molecule has 2 rings (SSSR count). The molecule has 0 unspecified atom stereocenters. The van der Waals surface area contributed by atoms with Crippen molar-refractivity contribution in [2.75, 3.05) is 5.32 Å². The molecule has 1 amide bonds. The summed E-state index contributed by atoms with van der Waals surface area (Å²) < 4.78 is 12.9. The quantitative estimate of drug-likeness (QED) is 0.890. The Labute approximate surface area is 110 Å². The fraction of sp³-hybridized carbons (Fsp3) is 0.133. The van der Waals surface area contributed by atoms with Gasteiger partial charge in [-0.1, -0.05) is 12.1 Å². The van der Waals surface area contributed by atoms with Gasteiger partial charge in [0.2, 0.25) is 5.91 Å². The predicted molar refractivity (Wildman–Crippen MR) is 71.6 cm³/mol. The van der Waals surface area contributed by atoms with Gasteiger partial charge in [-0.15, -0.1) is 0 Å². The molecule has 0 bridgehead atoms. The smallest absolute Gasteiger partial charge is 0.228 e. The summed E-state index contributed by atoms with van der Waals surface area (Å²) >= 11 is 0. The number of anilines is 1. The number of hydrogen-bond acceptors (Lipinski definition) is 2. The molecule has 2 aromatic carbocycles. The summed E-state index contributed by atoms with van der Waals surface area (Å²) in [6.07, 6.45) is 0.158.